The third-order valence-corrected chi connectivity index (χ3v) is 4.25. The van der Waals surface area contributed by atoms with Gasteiger partial charge in [0, 0.05) is 52.9 Å². The monoisotopic (exact) mass is 509 g/mol. The van der Waals surface area contributed by atoms with Gasteiger partial charge in [0.1, 0.15) is 0 Å². The summed E-state index contributed by atoms with van der Waals surface area (Å²) in [6, 6.07) is 0. The first kappa shape index (κ1) is 41.9. The van der Waals surface area contributed by atoms with Crippen LogP contribution in [0.25, 0.3) is 0 Å². The van der Waals surface area contributed by atoms with Gasteiger partial charge in [-0.15, -0.1) is 0 Å². The molecule has 0 aromatic heterocycles. The minimum absolute atomic E-state index is 0.744. The van der Waals surface area contributed by atoms with Crippen LogP contribution in [-0.4, -0.2) is 66.1 Å². The maximum atomic E-state index is 5.44. The predicted molar refractivity (Wildman–Crippen MR) is 155 cm³/mol. The fourth-order valence-electron chi connectivity index (χ4n) is 2.40. The van der Waals surface area contributed by atoms with Crippen molar-refractivity contribution in [2.75, 3.05) is 66.1 Å². The molecular weight excluding hydrogens is 440 g/mol. The number of ether oxygens (including phenoxy) is 5. The van der Waals surface area contributed by atoms with Crippen LogP contribution in [0.15, 0.2) is 0 Å². The summed E-state index contributed by atoms with van der Waals surface area (Å²) < 4.78 is 26.1. The maximum Gasteiger partial charge on any atom is 0.0700 e. The molecule has 0 aliphatic heterocycles. The second-order valence-electron chi connectivity index (χ2n) is 8.48. The molecule has 0 saturated carbocycles. The molecule has 0 bridgehead atoms. The fraction of sp³-hybridized carbons (Fsp3) is 1.00. The summed E-state index contributed by atoms with van der Waals surface area (Å²) in [5.74, 6) is 0. The lowest BCUT2D eigenvalue weighted by Crippen LogP contribution is -2.04. The van der Waals surface area contributed by atoms with E-state index in [-0.39, 0.29) is 0 Å². The van der Waals surface area contributed by atoms with Crippen molar-refractivity contribution in [3.63, 3.8) is 0 Å². The topological polar surface area (TPSA) is 46.2 Å². The second-order valence-corrected chi connectivity index (χ2v) is 8.48. The first-order chi connectivity index (χ1) is 17.2. The molecule has 0 N–H and O–H groups in total. The van der Waals surface area contributed by atoms with E-state index in [1.807, 2.05) is 0 Å². The molecule has 0 amide bonds. The predicted octanol–water partition coefficient (Wildman–Crippen LogP) is 8.87. The molecule has 35 heavy (non-hydrogen) atoms. The van der Waals surface area contributed by atoms with E-state index in [4.69, 9.17) is 23.7 Å². The van der Waals surface area contributed by atoms with Crippen LogP contribution >= 0.6 is 0 Å². The van der Waals surface area contributed by atoms with Crippen molar-refractivity contribution in [3.05, 3.63) is 0 Å². The normalized spacial score (nSPS) is 9.94. The summed E-state index contributed by atoms with van der Waals surface area (Å²) in [4.78, 5) is 0. The Morgan fingerprint density at radius 1 is 0.229 bits per heavy atom. The van der Waals surface area contributed by atoms with Crippen molar-refractivity contribution in [1.82, 2.24) is 0 Å². The largest absolute Gasteiger partial charge is 0.381 e. The summed E-state index contributed by atoms with van der Waals surface area (Å²) in [5.41, 5.74) is 0. The Hall–Kier alpha value is -0.200. The van der Waals surface area contributed by atoms with Gasteiger partial charge in [0.05, 0.1) is 13.2 Å². The fourth-order valence-corrected chi connectivity index (χ4v) is 2.40. The molecule has 0 aliphatic carbocycles. The van der Waals surface area contributed by atoms with E-state index < -0.39 is 0 Å². The average Bonchev–Trinajstić information content (AvgIpc) is 2.88. The Bertz CT molecular complexity index is 243. The summed E-state index contributed by atoms with van der Waals surface area (Å²) in [5, 5.41) is 0. The maximum absolute atomic E-state index is 5.44. The van der Waals surface area contributed by atoms with Crippen molar-refractivity contribution >= 4 is 0 Å². The molecule has 0 aromatic rings. The summed E-state index contributed by atoms with van der Waals surface area (Å²) in [7, 11) is 0. The zero-order valence-corrected chi connectivity index (χ0v) is 25.6. The van der Waals surface area contributed by atoms with Gasteiger partial charge in [0.2, 0.25) is 0 Å². The van der Waals surface area contributed by atoms with E-state index in [0.717, 1.165) is 105 Å². The number of hydrogen-bond acceptors (Lipinski definition) is 5. The molecule has 0 aromatic carbocycles. The van der Waals surface area contributed by atoms with Gasteiger partial charge in [0.15, 0.2) is 0 Å². The standard InChI is InChI=1S/C10H22O.C8H18O2.2C6H14O/c1-3-5-7-9-11-10-8-6-4-2;1-3-5-9-7-8-10-6-4-2;2*1-3-5-7-6-4-2/h3-10H2,1-2H3;3-8H2,1-2H3;2*3-6H2,1-2H3. The van der Waals surface area contributed by atoms with Crippen LogP contribution in [0.2, 0.25) is 0 Å². The molecule has 0 heterocycles. The second kappa shape index (κ2) is 50.6. The van der Waals surface area contributed by atoms with Crippen LogP contribution in [0, 0.1) is 0 Å². The summed E-state index contributed by atoms with van der Waals surface area (Å²) in [6.07, 6.45) is 14.4. The van der Waals surface area contributed by atoms with Crippen molar-refractivity contribution < 1.29 is 23.7 Å². The van der Waals surface area contributed by atoms with E-state index in [0.29, 0.717) is 0 Å². The average molecular weight is 509 g/mol. The third-order valence-electron chi connectivity index (χ3n) is 4.25. The molecule has 0 unspecified atom stereocenters. The minimum Gasteiger partial charge on any atom is -0.381 e. The highest BCUT2D eigenvalue weighted by Gasteiger charge is 1.88. The van der Waals surface area contributed by atoms with Gasteiger partial charge >= 0.3 is 0 Å². The summed E-state index contributed by atoms with van der Waals surface area (Å²) in [6.45, 7) is 26.0. The molecule has 218 valence electrons. The quantitative estimate of drug-likeness (QED) is 0.129. The van der Waals surface area contributed by atoms with Gasteiger partial charge < -0.3 is 23.7 Å². The van der Waals surface area contributed by atoms with Crippen molar-refractivity contribution in [3.8, 4) is 0 Å². The SMILES string of the molecule is CCCCCOCCCCC.CCCOCCC.CCCOCCC.CCCOCCOCCC. The zero-order chi connectivity index (χ0) is 27.1. The molecule has 0 atom stereocenters. The van der Waals surface area contributed by atoms with Crippen LogP contribution in [-0.2, 0) is 23.7 Å². The number of hydrogen-bond donors (Lipinski definition) is 0. The Balaban J connectivity index is -0.000000187. The Kier molecular flexibility index (Phi) is 60.6. The molecule has 0 aliphatic rings. The van der Waals surface area contributed by atoms with Gasteiger partial charge in [-0.2, -0.15) is 0 Å². The van der Waals surface area contributed by atoms with E-state index in [2.05, 4.69) is 55.4 Å². The summed E-state index contributed by atoms with van der Waals surface area (Å²) >= 11 is 0. The lowest BCUT2D eigenvalue weighted by atomic mass is 10.2. The molecule has 0 radical (unpaired) electrons. The van der Waals surface area contributed by atoms with Crippen molar-refractivity contribution in [2.24, 2.45) is 0 Å². The van der Waals surface area contributed by atoms with E-state index in [1.54, 1.807) is 0 Å². The van der Waals surface area contributed by atoms with Gasteiger partial charge in [-0.05, 0) is 51.4 Å². The van der Waals surface area contributed by atoms with E-state index in [9.17, 15) is 0 Å². The number of rotatable bonds is 23. The van der Waals surface area contributed by atoms with Crippen LogP contribution in [0.4, 0.5) is 0 Å². The molecule has 5 heteroatoms. The van der Waals surface area contributed by atoms with Crippen LogP contribution < -0.4 is 0 Å². The van der Waals surface area contributed by atoms with Gasteiger partial charge in [0.25, 0.3) is 0 Å². The first-order valence-corrected chi connectivity index (χ1v) is 15.0. The lowest BCUT2D eigenvalue weighted by Gasteiger charge is -2.02. The molecular formula is C30H68O5. The minimum atomic E-state index is 0.744. The molecule has 5 nitrogen and oxygen atoms in total. The highest BCUT2D eigenvalue weighted by atomic mass is 16.5. The molecule has 0 fully saturated rings. The Morgan fingerprint density at radius 2 is 0.457 bits per heavy atom. The van der Waals surface area contributed by atoms with Gasteiger partial charge in [-0.1, -0.05) is 81.1 Å². The van der Waals surface area contributed by atoms with E-state index >= 15 is 0 Å². The first-order valence-electron chi connectivity index (χ1n) is 15.0. The molecule has 0 spiro atoms. The Labute approximate surface area is 222 Å². The van der Waals surface area contributed by atoms with Crippen LogP contribution in [0.3, 0.4) is 0 Å². The van der Waals surface area contributed by atoms with E-state index in [1.165, 1.54) is 38.5 Å². The van der Waals surface area contributed by atoms with Crippen molar-refractivity contribution in [1.29, 1.82) is 0 Å². The highest BCUT2D eigenvalue weighted by Crippen LogP contribution is 1.97. The lowest BCUT2D eigenvalue weighted by molar-refractivity contribution is 0.0483. The van der Waals surface area contributed by atoms with Crippen LogP contribution in [0.5, 0.6) is 0 Å². The van der Waals surface area contributed by atoms with Gasteiger partial charge in [-0.3, -0.25) is 0 Å². The van der Waals surface area contributed by atoms with Crippen LogP contribution in [0.1, 0.15) is 132 Å². The Morgan fingerprint density at radius 3 is 0.686 bits per heavy atom. The number of unbranched alkanes of at least 4 members (excludes halogenated alkanes) is 4. The smallest absolute Gasteiger partial charge is 0.0700 e. The molecule has 0 rings (SSSR count). The molecule has 0 saturated heterocycles. The van der Waals surface area contributed by atoms with Gasteiger partial charge in [-0.25, -0.2) is 0 Å². The third kappa shape index (κ3) is 65.8. The highest BCUT2D eigenvalue weighted by molar-refractivity contribution is 4.39. The zero-order valence-electron chi connectivity index (χ0n) is 25.6. The van der Waals surface area contributed by atoms with Crippen molar-refractivity contribution in [2.45, 2.75) is 132 Å².